The predicted octanol–water partition coefficient (Wildman–Crippen LogP) is 5.79. The second kappa shape index (κ2) is 6.78. The highest BCUT2D eigenvalue weighted by molar-refractivity contribution is 8.14. The Morgan fingerprint density at radius 1 is 1.05 bits per heavy atom. The fourth-order valence-electron chi connectivity index (χ4n) is 2.24. The van der Waals surface area contributed by atoms with Gasteiger partial charge in [0.1, 0.15) is 0 Å². The number of hydrogen-bond donors (Lipinski definition) is 0. The second-order valence-electron chi connectivity index (χ2n) is 4.83. The average Bonchev–Trinajstić information content (AvgIpc) is 2.93. The van der Waals surface area contributed by atoms with Gasteiger partial charge in [0, 0.05) is 21.5 Å². The van der Waals surface area contributed by atoms with E-state index >= 15 is 0 Å². The molecule has 1 heterocycles. The maximum Gasteiger partial charge on any atom is 0.169 e. The maximum atomic E-state index is 5.98. The lowest BCUT2D eigenvalue weighted by molar-refractivity contribution is 0.927. The summed E-state index contributed by atoms with van der Waals surface area (Å²) in [7, 11) is 0. The molecule has 1 unspecified atom stereocenters. The largest absolute Gasteiger partial charge is 0.313 e. The van der Waals surface area contributed by atoms with Gasteiger partial charge in [0.15, 0.2) is 5.17 Å². The van der Waals surface area contributed by atoms with Gasteiger partial charge in [-0.15, -0.1) is 6.58 Å². The molecule has 1 aliphatic rings. The molecule has 1 fully saturated rings. The van der Waals surface area contributed by atoms with Crippen LogP contribution in [0.1, 0.15) is 0 Å². The minimum absolute atomic E-state index is 0.220. The standard InChI is InChI=1S/C17H14Cl2N2S/c1-2-15-11-22-17(20-14-7-3-12(18)4-8-14)21(15)16-9-5-13(19)6-10-16/h2-10,15H,1,11H2. The summed E-state index contributed by atoms with van der Waals surface area (Å²) >= 11 is 13.6. The van der Waals surface area contributed by atoms with Gasteiger partial charge in [-0.1, -0.05) is 41.0 Å². The molecule has 2 nitrogen and oxygen atoms in total. The van der Waals surface area contributed by atoms with Crippen LogP contribution in [-0.2, 0) is 0 Å². The Labute approximate surface area is 144 Å². The highest BCUT2D eigenvalue weighted by Crippen LogP contribution is 2.33. The van der Waals surface area contributed by atoms with E-state index in [-0.39, 0.29) is 6.04 Å². The van der Waals surface area contributed by atoms with E-state index in [2.05, 4.69) is 11.5 Å². The lowest BCUT2D eigenvalue weighted by atomic mass is 10.2. The number of rotatable bonds is 3. The van der Waals surface area contributed by atoms with Crippen LogP contribution in [0.4, 0.5) is 11.4 Å². The minimum atomic E-state index is 0.220. The Bertz CT molecular complexity index is 696. The van der Waals surface area contributed by atoms with E-state index in [0.717, 1.165) is 27.3 Å². The molecule has 1 atom stereocenters. The van der Waals surface area contributed by atoms with Gasteiger partial charge < -0.3 is 4.90 Å². The molecular formula is C17H14Cl2N2S. The van der Waals surface area contributed by atoms with E-state index in [4.69, 9.17) is 28.2 Å². The Morgan fingerprint density at radius 2 is 1.64 bits per heavy atom. The molecular weight excluding hydrogens is 335 g/mol. The van der Waals surface area contributed by atoms with Crippen molar-refractivity contribution in [1.29, 1.82) is 0 Å². The highest BCUT2D eigenvalue weighted by Gasteiger charge is 2.29. The number of hydrogen-bond acceptors (Lipinski definition) is 2. The summed E-state index contributed by atoms with van der Waals surface area (Å²) in [4.78, 5) is 6.93. The fourth-order valence-corrected chi connectivity index (χ4v) is 3.64. The molecule has 112 valence electrons. The van der Waals surface area contributed by atoms with Crippen LogP contribution < -0.4 is 4.90 Å². The summed E-state index contributed by atoms with van der Waals surface area (Å²) in [5.41, 5.74) is 1.95. The van der Waals surface area contributed by atoms with Crippen molar-refractivity contribution < 1.29 is 0 Å². The fraction of sp³-hybridized carbons (Fsp3) is 0.118. The Hall–Kier alpha value is -1.42. The van der Waals surface area contributed by atoms with Gasteiger partial charge in [0.2, 0.25) is 0 Å². The molecule has 2 aromatic rings. The van der Waals surface area contributed by atoms with Crippen molar-refractivity contribution in [3.05, 3.63) is 71.2 Å². The third-order valence-electron chi connectivity index (χ3n) is 3.35. The zero-order valence-corrected chi connectivity index (χ0v) is 14.1. The highest BCUT2D eigenvalue weighted by atomic mass is 35.5. The number of anilines is 1. The molecule has 1 saturated heterocycles. The van der Waals surface area contributed by atoms with Crippen molar-refractivity contribution in [2.45, 2.75) is 6.04 Å². The van der Waals surface area contributed by atoms with E-state index < -0.39 is 0 Å². The quantitative estimate of drug-likeness (QED) is 0.652. The summed E-state index contributed by atoms with van der Waals surface area (Å²) < 4.78 is 0. The van der Waals surface area contributed by atoms with Crippen LogP contribution in [0.15, 0.2) is 66.2 Å². The van der Waals surface area contributed by atoms with Gasteiger partial charge in [0.05, 0.1) is 11.7 Å². The molecule has 22 heavy (non-hydrogen) atoms. The minimum Gasteiger partial charge on any atom is -0.313 e. The molecule has 0 saturated carbocycles. The number of aliphatic imine (C=N–C) groups is 1. The van der Waals surface area contributed by atoms with Crippen molar-refractivity contribution in [3.63, 3.8) is 0 Å². The van der Waals surface area contributed by atoms with E-state index in [1.807, 2.05) is 54.6 Å². The molecule has 0 aromatic heterocycles. The molecule has 3 rings (SSSR count). The topological polar surface area (TPSA) is 15.6 Å². The third-order valence-corrected chi connectivity index (χ3v) is 4.91. The lowest BCUT2D eigenvalue weighted by Gasteiger charge is -2.23. The first-order valence-corrected chi connectivity index (χ1v) is 8.56. The molecule has 0 radical (unpaired) electrons. The number of thioether (sulfide) groups is 1. The van der Waals surface area contributed by atoms with E-state index in [1.165, 1.54) is 0 Å². The first kappa shape index (κ1) is 15.5. The summed E-state index contributed by atoms with van der Waals surface area (Å²) in [6.45, 7) is 3.94. The number of benzene rings is 2. The van der Waals surface area contributed by atoms with Crippen LogP contribution in [0.25, 0.3) is 0 Å². The van der Waals surface area contributed by atoms with E-state index in [1.54, 1.807) is 11.8 Å². The van der Waals surface area contributed by atoms with E-state index in [9.17, 15) is 0 Å². The average molecular weight is 349 g/mol. The van der Waals surface area contributed by atoms with Crippen LogP contribution in [0.5, 0.6) is 0 Å². The third kappa shape index (κ3) is 3.32. The monoisotopic (exact) mass is 348 g/mol. The molecule has 0 N–H and O–H groups in total. The molecule has 0 aliphatic carbocycles. The van der Waals surface area contributed by atoms with Gasteiger partial charge in [0.25, 0.3) is 0 Å². The zero-order chi connectivity index (χ0) is 15.5. The second-order valence-corrected chi connectivity index (χ2v) is 6.69. The van der Waals surface area contributed by atoms with Crippen molar-refractivity contribution in [2.24, 2.45) is 4.99 Å². The van der Waals surface area contributed by atoms with E-state index in [0.29, 0.717) is 5.02 Å². The van der Waals surface area contributed by atoms with Crippen molar-refractivity contribution in [3.8, 4) is 0 Å². The van der Waals surface area contributed by atoms with Crippen molar-refractivity contribution >= 4 is 51.5 Å². The number of nitrogens with zero attached hydrogens (tertiary/aromatic N) is 2. The molecule has 0 amide bonds. The van der Waals surface area contributed by atoms with Crippen molar-refractivity contribution in [1.82, 2.24) is 0 Å². The van der Waals surface area contributed by atoms with Gasteiger partial charge >= 0.3 is 0 Å². The molecule has 0 spiro atoms. The Morgan fingerprint density at radius 3 is 2.23 bits per heavy atom. The summed E-state index contributed by atoms with van der Waals surface area (Å²) in [6, 6.07) is 15.5. The van der Waals surface area contributed by atoms with Crippen LogP contribution >= 0.6 is 35.0 Å². The number of halogens is 2. The molecule has 0 bridgehead atoms. The normalized spacial score (nSPS) is 19.6. The lowest BCUT2D eigenvalue weighted by Crippen LogP contribution is -2.32. The molecule has 5 heteroatoms. The van der Waals surface area contributed by atoms with Crippen LogP contribution in [0.3, 0.4) is 0 Å². The predicted molar refractivity (Wildman–Crippen MR) is 98.9 cm³/mol. The molecule has 1 aliphatic heterocycles. The number of amidine groups is 1. The first-order chi connectivity index (χ1) is 10.7. The SMILES string of the molecule is C=CC1CSC(=Nc2ccc(Cl)cc2)N1c1ccc(Cl)cc1. The van der Waals surface area contributed by atoms with Crippen LogP contribution in [0.2, 0.25) is 10.0 Å². The summed E-state index contributed by atoms with van der Waals surface area (Å²) in [5.74, 6) is 0.929. The summed E-state index contributed by atoms with van der Waals surface area (Å²) in [5, 5.41) is 2.39. The van der Waals surface area contributed by atoms with Gasteiger partial charge in [-0.3, -0.25) is 0 Å². The molecule has 2 aromatic carbocycles. The summed E-state index contributed by atoms with van der Waals surface area (Å²) in [6.07, 6.45) is 1.95. The smallest absolute Gasteiger partial charge is 0.169 e. The van der Waals surface area contributed by atoms with Gasteiger partial charge in [-0.25, -0.2) is 4.99 Å². The van der Waals surface area contributed by atoms with Crippen LogP contribution in [-0.4, -0.2) is 17.0 Å². The van der Waals surface area contributed by atoms with Crippen molar-refractivity contribution in [2.75, 3.05) is 10.7 Å². The van der Waals surface area contributed by atoms with Crippen LogP contribution in [0, 0.1) is 0 Å². The zero-order valence-electron chi connectivity index (χ0n) is 11.7. The Kier molecular flexibility index (Phi) is 4.77. The van der Waals surface area contributed by atoms with Gasteiger partial charge in [-0.05, 0) is 48.5 Å². The van der Waals surface area contributed by atoms with Gasteiger partial charge in [-0.2, -0.15) is 0 Å². The Balaban J connectivity index is 1.96. The maximum absolute atomic E-state index is 5.98. The first-order valence-electron chi connectivity index (χ1n) is 6.82.